The van der Waals surface area contributed by atoms with Gasteiger partial charge in [0.05, 0.1) is 29.4 Å². The number of carbonyl (C=O) groups is 5. The predicted molar refractivity (Wildman–Crippen MR) is 195 cm³/mol. The summed E-state index contributed by atoms with van der Waals surface area (Å²) in [5.74, 6) is -5.92. The number of H-pyrrole nitrogens is 1. The van der Waals surface area contributed by atoms with Gasteiger partial charge in [0.15, 0.2) is 9.84 Å². The van der Waals surface area contributed by atoms with Gasteiger partial charge in [-0.05, 0) is 56.5 Å². The Morgan fingerprint density at radius 2 is 1.78 bits per heavy atom. The molecule has 3 fully saturated rings. The van der Waals surface area contributed by atoms with Gasteiger partial charge in [0.2, 0.25) is 11.7 Å². The fourth-order valence-electron chi connectivity index (χ4n) is 7.79. The van der Waals surface area contributed by atoms with Crippen LogP contribution in [0, 0.1) is 5.92 Å². The number of nitrogens with two attached hydrogens (primary N) is 1. The van der Waals surface area contributed by atoms with Gasteiger partial charge < -0.3 is 26.0 Å². The van der Waals surface area contributed by atoms with Crippen LogP contribution in [0.1, 0.15) is 93.9 Å². The van der Waals surface area contributed by atoms with Gasteiger partial charge in [-0.15, -0.1) is 5.10 Å². The first-order valence-electron chi connectivity index (χ1n) is 18.0. The van der Waals surface area contributed by atoms with E-state index in [4.69, 9.17) is 5.73 Å². The summed E-state index contributed by atoms with van der Waals surface area (Å²) in [6.07, 6.45) is 5.03. The van der Waals surface area contributed by atoms with E-state index in [0.29, 0.717) is 16.5 Å². The van der Waals surface area contributed by atoms with Gasteiger partial charge in [-0.3, -0.25) is 28.8 Å². The van der Waals surface area contributed by atoms with E-state index in [1.807, 2.05) is 0 Å². The highest BCUT2D eigenvalue weighted by Crippen LogP contribution is 2.34. The highest BCUT2D eigenvalue weighted by atomic mass is 32.2. The van der Waals surface area contributed by atoms with Crippen LogP contribution in [0.3, 0.4) is 0 Å². The van der Waals surface area contributed by atoms with Crippen molar-refractivity contribution in [1.82, 2.24) is 30.2 Å². The first kappa shape index (κ1) is 38.6. The van der Waals surface area contributed by atoms with E-state index in [-0.39, 0.29) is 36.7 Å². The first-order chi connectivity index (χ1) is 25.5. The maximum atomic E-state index is 14.8. The number of aliphatic hydroxyl groups is 1. The summed E-state index contributed by atoms with van der Waals surface area (Å²) in [4.78, 5) is 89.1. The van der Waals surface area contributed by atoms with E-state index in [1.165, 1.54) is 35.7 Å². The van der Waals surface area contributed by atoms with Crippen molar-refractivity contribution in [2.75, 3.05) is 18.1 Å². The smallest absolute Gasteiger partial charge is 0.293 e. The van der Waals surface area contributed by atoms with Gasteiger partial charge in [0.1, 0.15) is 28.6 Å². The summed E-state index contributed by atoms with van der Waals surface area (Å²) in [6, 6.07) is 6.13. The highest BCUT2D eigenvalue weighted by molar-refractivity contribution is 7.91. The normalized spacial score (nSPS) is 21.8. The number of nitrogens with one attached hydrogen (secondary N) is 2. The van der Waals surface area contributed by atoms with Crippen molar-refractivity contribution >= 4 is 55.7 Å². The zero-order valence-electron chi connectivity index (χ0n) is 30.1. The number of aromatic amines is 1. The Kier molecular flexibility index (Phi) is 10.7. The van der Waals surface area contributed by atoms with E-state index in [0.717, 1.165) is 32.1 Å². The van der Waals surface area contributed by atoms with Crippen molar-refractivity contribution in [3.63, 3.8) is 0 Å². The highest BCUT2D eigenvalue weighted by Gasteiger charge is 2.50. The monoisotopic (exact) mass is 764 g/mol. The van der Waals surface area contributed by atoms with Crippen molar-refractivity contribution in [3.05, 3.63) is 58.3 Å². The molecule has 2 aliphatic heterocycles. The number of primary amides is 1. The van der Waals surface area contributed by atoms with E-state index < -0.39 is 92.4 Å². The first-order valence-corrected chi connectivity index (χ1v) is 19.8. The van der Waals surface area contributed by atoms with Gasteiger partial charge in [0, 0.05) is 18.4 Å². The number of pyridine rings is 1. The summed E-state index contributed by atoms with van der Waals surface area (Å²) >= 11 is 0. The maximum absolute atomic E-state index is 14.8. The molecule has 2 aromatic heterocycles. The van der Waals surface area contributed by atoms with Crippen LogP contribution >= 0.6 is 0 Å². The molecule has 3 aromatic rings. The lowest BCUT2D eigenvalue weighted by Gasteiger charge is -2.37. The van der Waals surface area contributed by atoms with Crippen LogP contribution in [0.2, 0.25) is 0 Å². The fourth-order valence-corrected chi connectivity index (χ4v) is 9.31. The van der Waals surface area contributed by atoms with E-state index in [2.05, 4.69) is 25.6 Å². The zero-order valence-corrected chi connectivity index (χ0v) is 30.9. The number of Topliss-reactive ketones (excluding diaryl/α,β-unsaturated/α-hetero) is 1. The summed E-state index contributed by atoms with van der Waals surface area (Å²) in [5.41, 5.74) is 1.56. The molecule has 0 bridgehead atoms. The molecule has 6 rings (SSSR count). The molecular weight excluding hydrogens is 721 g/mol. The second-order valence-corrected chi connectivity index (χ2v) is 17.4. The molecule has 288 valence electrons. The fraction of sp³-hybridized carbons (Fsp3) is 0.528. The van der Waals surface area contributed by atoms with Crippen LogP contribution in [0.5, 0.6) is 0 Å². The van der Waals surface area contributed by atoms with Crippen molar-refractivity contribution in [1.29, 1.82) is 0 Å². The van der Waals surface area contributed by atoms with E-state index in [1.54, 1.807) is 24.3 Å². The number of nitrogens with zero attached hydrogens (tertiary/aromatic N) is 5. The average Bonchev–Trinajstić information content (AvgIpc) is 3.81. The number of hydrogen-bond acceptors (Lipinski definition) is 11. The molecule has 4 heterocycles. The number of benzene rings is 1. The number of carbonyl (C=O) groups excluding carboxylic acids is 5. The summed E-state index contributed by atoms with van der Waals surface area (Å²) in [6.45, 7) is 2.90. The molecule has 2 saturated heterocycles. The van der Waals surface area contributed by atoms with Crippen molar-refractivity contribution in [2.24, 2.45) is 16.6 Å². The second kappa shape index (κ2) is 15.0. The third-order valence-electron chi connectivity index (χ3n) is 10.8. The Hall–Kier alpha value is -5.10. The third-order valence-corrected chi connectivity index (χ3v) is 12.4. The lowest BCUT2D eigenvalue weighted by Crippen LogP contribution is -2.64. The molecule has 1 aromatic carbocycles. The van der Waals surface area contributed by atoms with E-state index in [9.17, 15) is 42.3 Å². The van der Waals surface area contributed by atoms with Crippen molar-refractivity contribution in [3.8, 4) is 0 Å². The molecule has 0 spiro atoms. The topological polar surface area (TPSA) is 257 Å². The number of ketones is 1. The molecule has 18 heteroatoms. The standard InChI is InChI=1S/C36H44N8O9S/c1-35(2,51)28-19-38-42-44(28)23-18-27(33(49)41-36(29(45)30(37)46)12-14-54(52,53)15-13-36)43(20-23)34(50)26(16-21-8-4-3-5-9-21)40-32(48)25-17-22-10-6-7-11-24(22)31(47)39-25/h6-7,10-11,17,19,21,23,27,51H,3-5,8-9,12-16,18,20H2,1-2H3,(H2,37,46)(H,39,47)(H,41,49)/t23-,27-/m0/s1. The summed E-state index contributed by atoms with van der Waals surface area (Å²) in [7, 11) is -3.56. The molecule has 0 unspecified atom stereocenters. The van der Waals surface area contributed by atoms with Gasteiger partial charge in [-0.25, -0.2) is 18.1 Å². The number of amides is 4. The molecule has 3 aliphatic rings. The number of sulfone groups is 1. The van der Waals surface area contributed by atoms with E-state index >= 15 is 0 Å². The molecule has 5 N–H and O–H groups in total. The van der Waals surface area contributed by atoms with Crippen LogP contribution in [-0.4, -0.2) is 103 Å². The largest absolute Gasteiger partial charge is 0.384 e. The minimum atomic E-state index is -3.56. The summed E-state index contributed by atoms with van der Waals surface area (Å²) in [5, 5.41) is 22.4. The van der Waals surface area contributed by atoms with Gasteiger partial charge in [-0.2, -0.15) is 0 Å². The minimum Gasteiger partial charge on any atom is -0.384 e. The van der Waals surface area contributed by atoms with Crippen LogP contribution < -0.4 is 16.6 Å². The molecule has 0 radical (unpaired) electrons. The molecule has 1 saturated carbocycles. The Morgan fingerprint density at radius 3 is 2.44 bits per heavy atom. The third kappa shape index (κ3) is 8.03. The van der Waals surface area contributed by atoms with Crippen LogP contribution in [0.15, 0.2) is 46.3 Å². The summed E-state index contributed by atoms with van der Waals surface area (Å²) < 4.78 is 26.1. The second-order valence-electron chi connectivity index (χ2n) is 15.1. The number of aliphatic imine (C=N–C) groups is 1. The Balaban J connectivity index is 1.39. The Morgan fingerprint density at radius 1 is 1.09 bits per heavy atom. The van der Waals surface area contributed by atoms with Crippen LogP contribution in [0.4, 0.5) is 0 Å². The van der Waals surface area contributed by atoms with Gasteiger partial charge in [0.25, 0.3) is 23.3 Å². The maximum Gasteiger partial charge on any atom is 0.293 e. The molecular formula is C36H44N8O9S. The Labute approximate surface area is 310 Å². The lowest BCUT2D eigenvalue weighted by atomic mass is 9.85. The number of hydrogen-bond donors (Lipinski definition) is 4. The average molecular weight is 765 g/mol. The Bertz CT molecular complexity index is 2180. The van der Waals surface area contributed by atoms with Gasteiger partial charge >= 0.3 is 0 Å². The molecule has 1 aliphatic carbocycles. The van der Waals surface area contributed by atoms with Crippen molar-refractivity contribution < 1.29 is 37.5 Å². The van der Waals surface area contributed by atoms with Crippen LogP contribution in [-0.2, 0) is 34.6 Å². The van der Waals surface area contributed by atoms with Crippen molar-refractivity contribution in [2.45, 2.75) is 94.9 Å². The van der Waals surface area contributed by atoms with Gasteiger partial charge in [-0.1, -0.05) is 55.5 Å². The molecule has 4 amide bonds. The molecule has 2 atom stereocenters. The quantitative estimate of drug-likeness (QED) is 0.166. The predicted octanol–water partition coefficient (Wildman–Crippen LogP) is 0.859. The number of likely N-dealkylation sites (tertiary alicyclic amines) is 1. The number of rotatable bonds is 10. The molecule has 54 heavy (non-hydrogen) atoms. The zero-order chi connectivity index (χ0) is 39.0. The SMILES string of the molecule is CC(C)(O)c1cnnn1[C@H]1C[C@@H](C(=O)NC2(C(=O)C(N)=O)CCS(=O)(=O)CC2)N(C(=O)C(CC2CCCCC2)=NC(=O)c2cc3ccccc3c(=O)[nH]2)C1. The minimum absolute atomic E-state index is 0.00771. The lowest BCUT2D eigenvalue weighted by molar-refractivity contribution is -0.143. The molecule has 17 nitrogen and oxygen atoms in total. The van der Waals surface area contributed by atoms with Crippen LogP contribution in [0.25, 0.3) is 10.8 Å². The number of fused-ring (bicyclic) bond motifs is 1. The number of aromatic nitrogens is 4.